The highest BCUT2D eigenvalue weighted by Gasteiger charge is 2.29. The summed E-state index contributed by atoms with van der Waals surface area (Å²) in [6.07, 6.45) is 1.96. The third-order valence-electron chi connectivity index (χ3n) is 5.49. The standard InChI is InChI=1S/C25H33N5O6/c1-16(23(33)35-14-17-8-6-5-7-9-17)28-21(31)19-20(27-15-26-19)22(32)29-18-10-12-30(13-11-18)24(34)36-25(2,3)4/h5-9,15-16,18H,10-14H2,1-4H3,(H,26,27)(H,28,31)(H,29,32)/t16-/m0/s1. The molecule has 1 fully saturated rings. The van der Waals surface area contributed by atoms with E-state index in [1.165, 1.54) is 13.3 Å². The summed E-state index contributed by atoms with van der Waals surface area (Å²) >= 11 is 0. The SMILES string of the molecule is C[C@H](NC(=O)c1nc[nH]c1C(=O)NC1CCN(C(=O)OC(C)(C)C)CC1)C(=O)OCc1ccccc1. The Balaban J connectivity index is 1.49. The van der Waals surface area contributed by atoms with Gasteiger partial charge in [-0.15, -0.1) is 0 Å². The molecular weight excluding hydrogens is 466 g/mol. The molecule has 3 rings (SSSR count). The highest BCUT2D eigenvalue weighted by molar-refractivity contribution is 6.05. The average Bonchev–Trinajstić information content (AvgIpc) is 3.33. The maximum Gasteiger partial charge on any atom is 0.410 e. The molecule has 36 heavy (non-hydrogen) atoms. The first-order chi connectivity index (χ1) is 17.0. The van der Waals surface area contributed by atoms with Gasteiger partial charge in [0.25, 0.3) is 11.8 Å². The van der Waals surface area contributed by atoms with E-state index in [1.54, 1.807) is 4.90 Å². The number of hydrogen-bond acceptors (Lipinski definition) is 7. The van der Waals surface area contributed by atoms with Gasteiger partial charge in [0.2, 0.25) is 0 Å². The predicted molar refractivity (Wildman–Crippen MR) is 130 cm³/mol. The average molecular weight is 500 g/mol. The lowest BCUT2D eigenvalue weighted by Gasteiger charge is -2.33. The normalized spacial score (nSPS) is 15.1. The molecule has 0 unspecified atom stereocenters. The van der Waals surface area contributed by atoms with Gasteiger partial charge in [-0.1, -0.05) is 30.3 Å². The van der Waals surface area contributed by atoms with Gasteiger partial charge in [0.15, 0.2) is 5.69 Å². The number of carbonyl (C=O) groups is 4. The summed E-state index contributed by atoms with van der Waals surface area (Å²) in [6.45, 7) is 7.90. The monoisotopic (exact) mass is 499 g/mol. The van der Waals surface area contributed by atoms with Crippen LogP contribution in [0.2, 0.25) is 0 Å². The Hall–Kier alpha value is -3.89. The van der Waals surface area contributed by atoms with Crippen LogP contribution >= 0.6 is 0 Å². The van der Waals surface area contributed by atoms with E-state index < -0.39 is 29.4 Å². The Bertz CT molecular complexity index is 1070. The van der Waals surface area contributed by atoms with Crippen LogP contribution in [0.3, 0.4) is 0 Å². The maximum atomic E-state index is 12.8. The number of H-pyrrole nitrogens is 1. The van der Waals surface area contributed by atoms with Crippen molar-refractivity contribution >= 4 is 23.9 Å². The lowest BCUT2D eigenvalue weighted by molar-refractivity contribution is -0.146. The highest BCUT2D eigenvalue weighted by Crippen LogP contribution is 2.16. The number of nitrogens with one attached hydrogen (secondary N) is 3. The van der Waals surface area contributed by atoms with E-state index in [0.29, 0.717) is 25.9 Å². The number of carbonyl (C=O) groups excluding carboxylic acids is 4. The number of benzene rings is 1. The Morgan fingerprint density at radius 1 is 1.11 bits per heavy atom. The molecule has 3 amide bonds. The van der Waals surface area contributed by atoms with Crippen LogP contribution in [0.15, 0.2) is 36.7 Å². The second-order valence-corrected chi connectivity index (χ2v) is 9.63. The second kappa shape index (κ2) is 11.7. The van der Waals surface area contributed by atoms with Crippen molar-refractivity contribution in [2.75, 3.05) is 13.1 Å². The van der Waals surface area contributed by atoms with E-state index in [1.807, 2.05) is 51.1 Å². The first kappa shape index (κ1) is 26.7. The summed E-state index contributed by atoms with van der Waals surface area (Å²) in [5, 5.41) is 5.40. The molecule has 1 saturated heterocycles. The molecule has 2 aromatic rings. The third-order valence-corrected chi connectivity index (χ3v) is 5.49. The number of likely N-dealkylation sites (tertiary alicyclic amines) is 1. The van der Waals surface area contributed by atoms with Crippen LogP contribution in [-0.2, 0) is 20.9 Å². The fraction of sp³-hybridized carbons (Fsp3) is 0.480. The minimum atomic E-state index is -0.939. The molecule has 11 heteroatoms. The number of nitrogens with zero attached hydrogens (tertiary/aromatic N) is 2. The summed E-state index contributed by atoms with van der Waals surface area (Å²) in [5.41, 5.74) is 0.122. The van der Waals surface area contributed by atoms with Crippen molar-refractivity contribution in [2.24, 2.45) is 0 Å². The topological polar surface area (TPSA) is 143 Å². The number of aromatic amines is 1. The summed E-state index contributed by atoms with van der Waals surface area (Å²) < 4.78 is 10.6. The van der Waals surface area contributed by atoms with Crippen molar-refractivity contribution in [1.29, 1.82) is 0 Å². The molecule has 1 aliphatic heterocycles. The van der Waals surface area contributed by atoms with Gasteiger partial charge in [-0.3, -0.25) is 9.59 Å². The molecular formula is C25H33N5O6. The second-order valence-electron chi connectivity index (χ2n) is 9.63. The van der Waals surface area contributed by atoms with Crippen LogP contribution in [0.1, 0.15) is 67.1 Å². The molecule has 0 bridgehead atoms. The van der Waals surface area contributed by atoms with E-state index in [2.05, 4.69) is 20.6 Å². The zero-order valence-electron chi connectivity index (χ0n) is 21.0. The van der Waals surface area contributed by atoms with Crippen molar-refractivity contribution < 1.29 is 28.7 Å². The number of rotatable bonds is 7. The van der Waals surface area contributed by atoms with Gasteiger partial charge < -0.3 is 30.0 Å². The van der Waals surface area contributed by atoms with Gasteiger partial charge in [0, 0.05) is 19.1 Å². The zero-order valence-corrected chi connectivity index (χ0v) is 21.0. The molecule has 11 nitrogen and oxygen atoms in total. The fourth-order valence-electron chi connectivity index (χ4n) is 3.61. The molecule has 0 aliphatic carbocycles. The minimum Gasteiger partial charge on any atom is -0.459 e. The summed E-state index contributed by atoms with van der Waals surface area (Å²) in [5.74, 6) is -1.77. The number of amides is 3. The molecule has 0 radical (unpaired) electrons. The van der Waals surface area contributed by atoms with Crippen LogP contribution in [0.25, 0.3) is 0 Å². The van der Waals surface area contributed by atoms with Crippen molar-refractivity contribution in [1.82, 2.24) is 25.5 Å². The maximum absolute atomic E-state index is 12.8. The van der Waals surface area contributed by atoms with Crippen LogP contribution in [0.5, 0.6) is 0 Å². The van der Waals surface area contributed by atoms with Crippen LogP contribution < -0.4 is 10.6 Å². The molecule has 1 aliphatic rings. The molecule has 1 atom stereocenters. The van der Waals surface area contributed by atoms with Crippen LogP contribution in [-0.4, -0.2) is 69.5 Å². The predicted octanol–water partition coefficient (Wildman–Crippen LogP) is 2.40. The van der Waals surface area contributed by atoms with E-state index in [9.17, 15) is 19.2 Å². The number of imidazole rings is 1. The Kier molecular flexibility index (Phi) is 8.68. The molecule has 0 saturated carbocycles. The van der Waals surface area contributed by atoms with Gasteiger partial charge in [-0.05, 0) is 46.1 Å². The largest absolute Gasteiger partial charge is 0.459 e. The number of ether oxygens (including phenoxy) is 2. The number of piperidine rings is 1. The van der Waals surface area contributed by atoms with Gasteiger partial charge in [0.05, 0.1) is 6.33 Å². The molecule has 3 N–H and O–H groups in total. The van der Waals surface area contributed by atoms with E-state index >= 15 is 0 Å². The summed E-state index contributed by atoms with van der Waals surface area (Å²) in [7, 11) is 0. The van der Waals surface area contributed by atoms with Gasteiger partial charge in [-0.25, -0.2) is 14.6 Å². The molecule has 2 heterocycles. The Labute approximate surface area is 209 Å². The van der Waals surface area contributed by atoms with E-state index in [-0.39, 0.29) is 30.1 Å². The van der Waals surface area contributed by atoms with Gasteiger partial charge in [0.1, 0.15) is 23.9 Å². The lowest BCUT2D eigenvalue weighted by Crippen LogP contribution is -2.48. The van der Waals surface area contributed by atoms with Gasteiger partial charge in [-0.2, -0.15) is 0 Å². The molecule has 1 aromatic carbocycles. The summed E-state index contributed by atoms with van der Waals surface area (Å²) in [6, 6.07) is 8.07. The van der Waals surface area contributed by atoms with E-state index in [4.69, 9.17) is 9.47 Å². The number of aromatic nitrogens is 2. The van der Waals surface area contributed by atoms with Crippen LogP contribution in [0.4, 0.5) is 4.79 Å². The van der Waals surface area contributed by atoms with Crippen molar-refractivity contribution in [3.05, 3.63) is 53.6 Å². The summed E-state index contributed by atoms with van der Waals surface area (Å²) in [4.78, 5) is 58.3. The Morgan fingerprint density at radius 3 is 2.42 bits per heavy atom. The minimum absolute atomic E-state index is 0.00748. The van der Waals surface area contributed by atoms with Crippen molar-refractivity contribution in [3.8, 4) is 0 Å². The smallest absolute Gasteiger partial charge is 0.410 e. The Morgan fingerprint density at radius 2 is 1.78 bits per heavy atom. The zero-order chi connectivity index (χ0) is 26.3. The highest BCUT2D eigenvalue weighted by atomic mass is 16.6. The molecule has 194 valence electrons. The van der Waals surface area contributed by atoms with E-state index in [0.717, 1.165) is 5.56 Å². The van der Waals surface area contributed by atoms with Crippen molar-refractivity contribution in [2.45, 2.75) is 64.8 Å². The van der Waals surface area contributed by atoms with Crippen LogP contribution in [0, 0.1) is 0 Å². The van der Waals surface area contributed by atoms with Crippen molar-refractivity contribution in [3.63, 3.8) is 0 Å². The third kappa shape index (κ3) is 7.56. The van der Waals surface area contributed by atoms with Gasteiger partial charge >= 0.3 is 12.1 Å². The lowest BCUT2D eigenvalue weighted by atomic mass is 10.1. The quantitative estimate of drug-likeness (QED) is 0.497. The first-order valence-electron chi connectivity index (χ1n) is 11.9. The number of esters is 1. The first-order valence-corrected chi connectivity index (χ1v) is 11.9. The fourth-order valence-corrected chi connectivity index (χ4v) is 3.61. The molecule has 1 aromatic heterocycles. The number of hydrogen-bond donors (Lipinski definition) is 3. The molecule has 0 spiro atoms.